The Bertz CT molecular complexity index is 791. The van der Waals surface area contributed by atoms with Gasteiger partial charge in [-0.25, -0.2) is 13.2 Å². The molecular formula is C18H16F3NO3. The van der Waals surface area contributed by atoms with Gasteiger partial charge in [-0.3, -0.25) is 9.59 Å². The molecule has 0 saturated carbocycles. The second-order valence-electron chi connectivity index (χ2n) is 5.51. The Hall–Kier alpha value is -2.83. The summed E-state index contributed by atoms with van der Waals surface area (Å²) in [5, 5.41) is 2.06. The van der Waals surface area contributed by atoms with E-state index in [2.05, 4.69) is 5.32 Å². The normalized spacial score (nSPS) is 11.7. The van der Waals surface area contributed by atoms with Crippen molar-refractivity contribution in [2.75, 3.05) is 5.32 Å². The first-order valence-electron chi connectivity index (χ1n) is 7.47. The summed E-state index contributed by atoms with van der Waals surface area (Å²) in [6, 6.07) is 8.76. The van der Waals surface area contributed by atoms with Crippen LogP contribution >= 0.6 is 0 Å². The zero-order valence-electron chi connectivity index (χ0n) is 13.6. The smallest absolute Gasteiger partial charge is 0.311 e. The Morgan fingerprint density at radius 3 is 2.32 bits per heavy atom. The molecule has 4 nitrogen and oxygen atoms in total. The fraction of sp³-hybridized carbons (Fsp3) is 0.222. The number of halogens is 3. The number of benzene rings is 2. The molecule has 0 radical (unpaired) electrons. The molecule has 0 aromatic heterocycles. The highest BCUT2D eigenvalue weighted by molar-refractivity contribution is 5.95. The van der Waals surface area contributed by atoms with Crippen molar-refractivity contribution in [1.82, 2.24) is 0 Å². The van der Waals surface area contributed by atoms with Crippen molar-refractivity contribution in [3.8, 4) is 0 Å². The molecule has 0 saturated heterocycles. The topological polar surface area (TPSA) is 55.4 Å². The number of carbonyl (C=O) groups excluding carboxylic acids is 2. The zero-order chi connectivity index (χ0) is 18.6. The van der Waals surface area contributed by atoms with Crippen molar-refractivity contribution >= 4 is 17.6 Å². The van der Waals surface area contributed by atoms with Crippen molar-refractivity contribution in [3.63, 3.8) is 0 Å². The number of hydrogen-bond acceptors (Lipinski definition) is 3. The molecule has 7 heteroatoms. The minimum atomic E-state index is -1.69. The quantitative estimate of drug-likeness (QED) is 0.662. The zero-order valence-corrected chi connectivity index (χ0v) is 13.6. The van der Waals surface area contributed by atoms with Gasteiger partial charge in [0.15, 0.2) is 23.6 Å². The summed E-state index contributed by atoms with van der Waals surface area (Å²) in [5.41, 5.74) is 1.22. The first-order valence-corrected chi connectivity index (χ1v) is 7.47. The lowest BCUT2D eigenvalue weighted by Gasteiger charge is -2.14. The van der Waals surface area contributed by atoms with Gasteiger partial charge in [-0.1, -0.05) is 29.8 Å². The molecule has 2 aromatic rings. The van der Waals surface area contributed by atoms with E-state index >= 15 is 0 Å². The van der Waals surface area contributed by atoms with Crippen LogP contribution in [0.2, 0.25) is 0 Å². The van der Waals surface area contributed by atoms with E-state index in [1.165, 1.54) is 6.92 Å². The van der Waals surface area contributed by atoms with Gasteiger partial charge in [0.1, 0.15) is 0 Å². The third-order valence-electron chi connectivity index (χ3n) is 3.44. The van der Waals surface area contributed by atoms with Crippen LogP contribution in [-0.4, -0.2) is 18.0 Å². The maximum absolute atomic E-state index is 13.5. The Morgan fingerprint density at radius 1 is 1.04 bits per heavy atom. The number of ether oxygens (including phenoxy) is 1. The van der Waals surface area contributed by atoms with Crippen LogP contribution < -0.4 is 5.32 Å². The van der Waals surface area contributed by atoms with Crippen LogP contribution in [0.1, 0.15) is 18.1 Å². The van der Waals surface area contributed by atoms with Crippen LogP contribution in [-0.2, 0) is 20.7 Å². The fourth-order valence-corrected chi connectivity index (χ4v) is 2.02. The molecule has 0 bridgehead atoms. The number of nitrogens with one attached hydrogen (secondary N) is 1. The maximum atomic E-state index is 13.5. The highest BCUT2D eigenvalue weighted by atomic mass is 19.2. The van der Waals surface area contributed by atoms with Crippen LogP contribution in [0.25, 0.3) is 0 Å². The lowest BCUT2D eigenvalue weighted by Crippen LogP contribution is -2.31. The summed E-state index contributed by atoms with van der Waals surface area (Å²) < 4.78 is 44.5. The number of amides is 1. The second kappa shape index (κ2) is 7.83. The summed E-state index contributed by atoms with van der Waals surface area (Å²) >= 11 is 0. The number of esters is 1. The van der Waals surface area contributed by atoms with Crippen molar-refractivity contribution in [3.05, 3.63) is 65.0 Å². The largest absolute Gasteiger partial charge is 0.452 e. The summed E-state index contributed by atoms with van der Waals surface area (Å²) in [6.07, 6.45) is -1.26. The Balaban J connectivity index is 1.94. The average Bonchev–Trinajstić information content (AvgIpc) is 2.57. The highest BCUT2D eigenvalue weighted by Gasteiger charge is 2.21. The molecule has 0 aliphatic carbocycles. The SMILES string of the molecule is Cc1ccc(CC(=O)O[C@@H](C)C(=O)Nc2ccc(F)c(F)c2F)cc1. The van der Waals surface area contributed by atoms with Gasteiger partial charge in [0.05, 0.1) is 12.1 Å². The van der Waals surface area contributed by atoms with Crippen molar-refractivity contribution in [1.29, 1.82) is 0 Å². The number of carbonyl (C=O) groups is 2. The van der Waals surface area contributed by atoms with E-state index in [1.807, 2.05) is 19.1 Å². The Kier molecular flexibility index (Phi) is 5.80. The minimum Gasteiger partial charge on any atom is -0.452 e. The van der Waals surface area contributed by atoms with E-state index < -0.39 is 41.1 Å². The molecule has 1 N–H and O–H groups in total. The van der Waals surface area contributed by atoms with Gasteiger partial charge in [-0.15, -0.1) is 0 Å². The predicted octanol–water partition coefficient (Wildman–Crippen LogP) is 3.53. The number of rotatable bonds is 5. The molecular weight excluding hydrogens is 335 g/mol. The monoisotopic (exact) mass is 351 g/mol. The van der Waals surface area contributed by atoms with Gasteiger partial charge in [-0.2, -0.15) is 0 Å². The van der Waals surface area contributed by atoms with Gasteiger partial charge >= 0.3 is 5.97 Å². The molecule has 0 heterocycles. The Labute approximate surface area is 142 Å². The molecule has 0 fully saturated rings. The van der Waals surface area contributed by atoms with Gasteiger partial charge in [-0.05, 0) is 31.5 Å². The second-order valence-corrected chi connectivity index (χ2v) is 5.51. The summed E-state index contributed by atoms with van der Waals surface area (Å²) in [6.45, 7) is 3.20. The van der Waals surface area contributed by atoms with E-state index in [4.69, 9.17) is 4.74 Å². The Morgan fingerprint density at radius 2 is 1.68 bits per heavy atom. The van der Waals surface area contributed by atoms with Gasteiger partial charge in [0.25, 0.3) is 5.91 Å². The van der Waals surface area contributed by atoms with Crippen molar-refractivity contribution in [2.45, 2.75) is 26.4 Å². The molecule has 1 amide bonds. The van der Waals surface area contributed by atoms with Crippen LogP contribution in [0.4, 0.5) is 18.9 Å². The van der Waals surface area contributed by atoms with E-state index in [0.29, 0.717) is 6.07 Å². The van der Waals surface area contributed by atoms with Gasteiger partial charge < -0.3 is 10.1 Å². The lowest BCUT2D eigenvalue weighted by atomic mass is 10.1. The number of hydrogen-bond donors (Lipinski definition) is 1. The number of aryl methyl sites for hydroxylation is 1. The molecule has 2 rings (SSSR count). The molecule has 0 spiro atoms. The number of anilines is 1. The fourth-order valence-electron chi connectivity index (χ4n) is 2.02. The van der Waals surface area contributed by atoms with E-state index in [1.54, 1.807) is 12.1 Å². The highest BCUT2D eigenvalue weighted by Crippen LogP contribution is 2.20. The van der Waals surface area contributed by atoms with Crippen LogP contribution in [0.3, 0.4) is 0 Å². The minimum absolute atomic E-state index is 0.0303. The van der Waals surface area contributed by atoms with Gasteiger partial charge in [0, 0.05) is 0 Å². The summed E-state index contributed by atoms with van der Waals surface area (Å²) in [4.78, 5) is 23.8. The van der Waals surface area contributed by atoms with Crippen molar-refractivity contribution in [2.24, 2.45) is 0 Å². The average molecular weight is 351 g/mol. The predicted molar refractivity (Wildman–Crippen MR) is 85.4 cm³/mol. The molecule has 0 aliphatic rings. The molecule has 0 aliphatic heterocycles. The van der Waals surface area contributed by atoms with E-state index in [0.717, 1.165) is 17.2 Å². The van der Waals surface area contributed by atoms with Crippen LogP contribution in [0.5, 0.6) is 0 Å². The molecule has 132 valence electrons. The van der Waals surface area contributed by atoms with Crippen LogP contribution in [0, 0.1) is 24.4 Å². The third-order valence-corrected chi connectivity index (χ3v) is 3.44. The van der Waals surface area contributed by atoms with Crippen molar-refractivity contribution < 1.29 is 27.5 Å². The lowest BCUT2D eigenvalue weighted by molar-refractivity contribution is -0.152. The van der Waals surface area contributed by atoms with E-state index in [-0.39, 0.29) is 6.42 Å². The molecule has 25 heavy (non-hydrogen) atoms. The van der Waals surface area contributed by atoms with Crippen LogP contribution in [0.15, 0.2) is 36.4 Å². The first kappa shape index (κ1) is 18.5. The van der Waals surface area contributed by atoms with E-state index in [9.17, 15) is 22.8 Å². The maximum Gasteiger partial charge on any atom is 0.311 e. The molecule has 2 aromatic carbocycles. The first-order chi connectivity index (χ1) is 11.8. The summed E-state index contributed by atoms with van der Waals surface area (Å²) in [7, 11) is 0. The molecule has 0 unspecified atom stereocenters. The standard InChI is InChI=1S/C18H16F3NO3/c1-10-3-5-12(6-4-10)9-15(23)25-11(2)18(24)22-14-8-7-13(19)16(20)17(14)21/h3-8,11H,9H2,1-2H3,(H,22,24)/t11-/m0/s1. The third kappa shape index (κ3) is 4.82. The van der Waals surface area contributed by atoms with Gasteiger partial charge in [0.2, 0.25) is 0 Å². The molecule has 1 atom stereocenters. The summed E-state index contributed by atoms with van der Waals surface area (Å²) in [5.74, 6) is -6.08.